The number of carbonyl (C=O) groups excluding carboxylic acids is 2. The molecule has 182 valence electrons. The number of amides is 2. The van der Waals surface area contributed by atoms with E-state index in [-0.39, 0.29) is 40.0 Å². The third-order valence-electron chi connectivity index (χ3n) is 6.29. The van der Waals surface area contributed by atoms with Gasteiger partial charge in [-0.1, -0.05) is 25.4 Å². The van der Waals surface area contributed by atoms with Crippen LogP contribution in [-0.4, -0.2) is 40.9 Å². The second kappa shape index (κ2) is 8.72. The second-order valence-corrected chi connectivity index (χ2v) is 9.73. The van der Waals surface area contributed by atoms with Gasteiger partial charge in [-0.05, 0) is 38.0 Å². The highest BCUT2D eigenvalue weighted by Crippen LogP contribution is 2.54. The molecule has 0 aromatic carbocycles. The van der Waals surface area contributed by atoms with Crippen LogP contribution in [0, 0.1) is 18.3 Å². The Labute approximate surface area is 200 Å². The van der Waals surface area contributed by atoms with Crippen molar-refractivity contribution in [3.05, 3.63) is 46.2 Å². The zero-order valence-corrected chi connectivity index (χ0v) is 19.7. The number of aryl methyl sites for hydroxylation is 1. The number of hydrogen-bond donors (Lipinski definition) is 2. The first-order valence-electron chi connectivity index (χ1n) is 11.0. The first-order chi connectivity index (χ1) is 15.9. The highest BCUT2D eigenvalue weighted by atomic mass is 35.5. The Morgan fingerprint density at radius 1 is 1.24 bits per heavy atom. The van der Waals surface area contributed by atoms with Crippen molar-refractivity contribution in [2.45, 2.75) is 45.8 Å². The summed E-state index contributed by atoms with van der Waals surface area (Å²) >= 11 is 6.14. The highest BCUT2D eigenvalue weighted by Gasteiger charge is 2.56. The van der Waals surface area contributed by atoms with Crippen LogP contribution in [0.2, 0.25) is 5.02 Å². The summed E-state index contributed by atoms with van der Waals surface area (Å²) in [5, 5.41) is 5.69. The molecule has 2 aliphatic rings. The Hall–Kier alpha value is -2.88. The molecule has 2 aromatic heterocycles. The van der Waals surface area contributed by atoms with Gasteiger partial charge in [0.15, 0.2) is 0 Å². The van der Waals surface area contributed by atoms with Gasteiger partial charge in [0.2, 0.25) is 5.91 Å². The summed E-state index contributed by atoms with van der Waals surface area (Å²) in [6, 6.07) is 3.83. The van der Waals surface area contributed by atoms with Crippen LogP contribution in [-0.2, 0) is 11.0 Å². The summed E-state index contributed by atoms with van der Waals surface area (Å²) < 4.78 is 38.9. The number of nitrogens with zero attached hydrogens (tertiary/aromatic N) is 3. The SMILES string of the molecule is Cc1cc(C(=O)N[C@H]2CN(c3ncc(C(F)(F)F)cc3Cl)CC23CC3)cc(NC(=O)C(C)C)n1. The molecule has 2 fully saturated rings. The number of pyridine rings is 2. The van der Waals surface area contributed by atoms with Gasteiger partial charge in [-0.2, -0.15) is 13.2 Å². The normalized spacial score (nSPS) is 18.9. The summed E-state index contributed by atoms with van der Waals surface area (Å²) in [4.78, 5) is 35.2. The average Bonchev–Trinajstić information content (AvgIpc) is 3.43. The first kappa shape index (κ1) is 24.3. The van der Waals surface area contributed by atoms with Crippen LogP contribution in [0.4, 0.5) is 24.8 Å². The Balaban J connectivity index is 1.50. The molecule has 4 rings (SSSR count). The predicted molar refractivity (Wildman–Crippen MR) is 122 cm³/mol. The molecule has 1 saturated heterocycles. The third-order valence-corrected chi connectivity index (χ3v) is 6.56. The van der Waals surface area contributed by atoms with E-state index in [1.165, 1.54) is 6.07 Å². The molecule has 0 bridgehead atoms. The minimum Gasteiger partial charge on any atom is -0.353 e. The number of nitrogens with one attached hydrogen (secondary N) is 2. The molecule has 1 aliphatic heterocycles. The van der Waals surface area contributed by atoms with Crippen molar-refractivity contribution in [2.75, 3.05) is 23.3 Å². The molecule has 0 radical (unpaired) electrons. The van der Waals surface area contributed by atoms with Gasteiger partial charge in [0.25, 0.3) is 5.91 Å². The van der Waals surface area contributed by atoms with Gasteiger partial charge in [-0.25, -0.2) is 9.97 Å². The maximum Gasteiger partial charge on any atom is 0.417 e. The predicted octanol–water partition coefficient (Wildman–Crippen LogP) is 4.45. The zero-order chi connectivity index (χ0) is 24.8. The number of carbonyl (C=O) groups is 2. The van der Waals surface area contributed by atoms with Crippen molar-refractivity contribution in [3.8, 4) is 0 Å². The number of alkyl halides is 3. The molecule has 2 amide bonds. The average molecular weight is 496 g/mol. The van der Waals surface area contributed by atoms with E-state index in [0.717, 1.165) is 25.1 Å². The number of hydrogen-bond acceptors (Lipinski definition) is 5. The van der Waals surface area contributed by atoms with E-state index in [4.69, 9.17) is 11.6 Å². The van der Waals surface area contributed by atoms with E-state index >= 15 is 0 Å². The van der Waals surface area contributed by atoms with Crippen LogP contribution in [0.1, 0.15) is 48.3 Å². The van der Waals surface area contributed by atoms with Gasteiger partial charge in [0.05, 0.1) is 16.6 Å². The fourth-order valence-electron chi connectivity index (χ4n) is 4.19. The lowest BCUT2D eigenvalue weighted by atomic mass is 10.0. The van der Waals surface area contributed by atoms with Crippen LogP contribution in [0.15, 0.2) is 24.4 Å². The molecular formula is C23H25ClF3N5O2. The zero-order valence-electron chi connectivity index (χ0n) is 19.0. The molecule has 3 heterocycles. The largest absolute Gasteiger partial charge is 0.417 e. The lowest BCUT2D eigenvalue weighted by Crippen LogP contribution is -2.41. The number of halogens is 4. The standard InChI is InChI=1S/C23H25ClF3N5O2/c1-12(2)20(33)31-18-7-14(6-13(3)29-18)21(34)30-17-10-32(11-22(17)4-5-22)19-16(24)8-15(9-28-19)23(25,26)27/h6-9,12,17H,4-5,10-11H2,1-3H3,(H,30,34)(H,29,31,33)/t17-/m0/s1. The number of aromatic nitrogens is 2. The van der Waals surface area contributed by atoms with Crippen LogP contribution >= 0.6 is 11.6 Å². The van der Waals surface area contributed by atoms with Crippen molar-refractivity contribution in [3.63, 3.8) is 0 Å². The van der Waals surface area contributed by atoms with E-state index in [1.54, 1.807) is 26.8 Å². The highest BCUT2D eigenvalue weighted by molar-refractivity contribution is 6.33. The van der Waals surface area contributed by atoms with Gasteiger partial charge in [-0.15, -0.1) is 0 Å². The maximum absolute atomic E-state index is 13.1. The molecule has 11 heteroatoms. The number of rotatable bonds is 5. The van der Waals surface area contributed by atoms with E-state index in [9.17, 15) is 22.8 Å². The van der Waals surface area contributed by atoms with Crippen molar-refractivity contribution in [1.29, 1.82) is 0 Å². The van der Waals surface area contributed by atoms with Gasteiger partial charge in [0.1, 0.15) is 11.6 Å². The summed E-state index contributed by atoms with van der Waals surface area (Å²) in [7, 11) is 0. The van der Waals surface area contributed by atoms with Crippen LogP contribution in [0.25, 0.3) is 0 Å². The molecule has 1 saturated carbocycles. The van der Waals surface area contributed by atoms with Gasteiger partial charge >= 0.3 is 6.18 Å². The van der Waals surface area contributed by atoms with Gasteiger partial charge in [0, 0.05) is 41.9 Å². The summed E-state index contributed by atoms with van der Waals surface area (Å²) in [6.45, 7) is 6.18. The van der Waals surface area contributed by atoms with E-state index in [1.807, 2.05) is 4.90 Å². The third kappa shape index (κ3) is 4.96. The topological polar surface area (TPSA) is 87.2 Å². The molecule has 1 spiro atoms. The quantitative estimate of drug-likeness (QED) is 0.640. The minimum atomic E-state index is -4.52. The summed E-state index contributed by atoms with van der Waals surface area (Å²) in [6.07, 6.45) is -1.97. The molecule has 7 nitrogen and oxygen atoms in total. The lowest BCUT2D eigenvalue weighted by Gasteiger charge is -2.20. The molecule has 1 aliphatic carbocycles. The van der Waals surface area contributed by atoms with E-state index in [0.29, 0.717) is 30.2 Å². The molecule has 0 unspecified atom stereocenters. The fourth-order valence-corrected chi connectivity index (χ4v) is 4.48. The molecule has 1 atom stereocenters. The smallest absolute Gasteiger partial charge is 0.353 e. The molecular weight excluding hydrogens is 471 g/mol. The lowest BCUT2D eigenvalue weighted by molar-refractivity contribution is -0.137. The number of anilines is 2. The Kier molecular flexibility index (Phi) is 6.22. The van der Waals surface area contributed by atoms with Crippen molar-refractivity contribution >= 4 is 35.1 Å². The van der Waals surface area contributed by atoms with Gasteiger partial charge < -0.3 is 15.5 Å². The summed E-state index contributed by atoms with van der Waals surface area (Å²) in [5.41, 5.74) is -0.117. The molecule has 2 N–H and O–H groups in total. The van der Waals surface area contributed by atoms with Crippen molar-refractivity contribution in [2.24, 2.45) is 11.3 Å². The molecule has 2 aromatic rings. The van der Waals surface area contributed by atoms with Gasteiger partial charge in [-0.3, -0.25) is 9.59 Å². The Morgan fingerprint density at radius 2 is 1.94 bits per heavy atom. The van der Waals surface area contributed by atoms with Crippen LogP contribution < -0.4 is 15.5 Å². The maximum atomic E-state index is 13.1. The van der Waals surface area contributed by atoms with Crippen molar-refractivity contribution in [1.82, 2.24) is 15.3 Å². The fraction of sp³-hybridized carbons (Fsp3) is 0.478. The minimum absolute atomic E-state index is 0.0760. The molecule has 34 heavy (non-hydrogen) atoms. The van der Waals surface area contributed by atoms with Crippen molar-refractivity contribution < 1.29 is 22.8 Å². The summed E-state index contributed by atoms with van der Waals surface area (Å²) in [5.74, 6) is -0.164. The van der Waals surface area contributed by atoms with E-state index in [2.05, 4.69) is 20.6 Å². The van der Waals surface area contributed by atoms with Crippen LogP contribution in [0.3, 0.4) is 0 Å². The van der Waals surface area contributed by atoms with E-state index < -0.39 is 11.7 Å². The Morgan fingerprint density at radius 3 is 2.53 bits per heavy atom. The Bertz CT molecular complexity index is 1130. The first-order valence-corrected chi connectivity index (χ1v) is 11.3. The second-order valence-electron chi connectivity index (χ2n) is 9.32. The monoisotopic (exact) mass is 495 g/mol. The van der Waals surface area contributed by atoms with Crippen LogP contribution in [0.5, 0.6) is 0 Å².